The van der Waals surface area contributed by atoms with E-state index in [0.29, 0.717) is 25.7 Å². The van der Waals surface area contributed by atoms with Crippen LogP contribution in [0.1, 0.15) is 363 Å². The van der Waals surface area contributed by atoms with Crippen molar-refractivity contribution in [3.63, 3.8) is 0 Å². The molecule has 0 saturated heterocycles. The smallest absolute Gasteiger partial charge is 0.462 e. The molecular weight excluding hydrogens is 1190 g/mol. The summed E-state index contributed by atoms with van der Waals surface area (Å²) in [6.07, 6.45) is 48.3. The molecule has 3 unspecified atom stereocenters. The van der Waals surface area contributed by atoms with Crippen LogP contribution < -0.4 is 0 Å². The van der Waals surface area contributed by atoms with E-state index in [1.165, 1.54) is 180 Å². The number of aliphatic hydroxyl groups is 1. The van der Waals surface area contributed by atoms with Crippen LogP contribution in [0.2, 0.25) is 0 Å². The number of rotatable bonds is 70. The Balaban J connectivity index is 5.26. The highest BCUT2D eigenvalue weighted by molar-refractivity contribution is 7.47. The first-order valence-corrected chi connectivity index (χ1v) is 40.0. The SMILES string of the molecule is CCCCCCCCCCCCCCCC(=O)O[C@H](COC(=O)CCCCCCCCCCCC)COP(=O)(O)OC[C@H](O)COP(=O)(O)OC[C@@H](COC(=O)CCCCCCCCCCCCC(C)C)OC(=O)CCCCCCCCCCCCC(C)CC. The highest BCUT2D eigenvalue weighted by Crippen LogP contribution is 2.45. The zero-order valence-corrected chi connectivity index (χ0v) is 60.2. The third kappa shape index (κ3) is 63.5. The Morgan fingerprint density at radius 3 is 0.844 bits per heavy atom. The van der Waals surface area contributed by atoms with Gasteiger partial charge in [0.15, 0.2) is 12.2 Å². The molecule has 0 aromatic heterocycles. The number of unbranched alkanes of at least 4 members (excludes halogenated alkanes) is 39. The van der Waals surface area contributed by atoms with Gasteiger partial charge in [-0.2, -0.15) is 0 Å². The Morgan fingerprint density at radius 2 is 0.567 bits per heavy atom. The van der Waals surface area contributed by atoms with E-state index in [9.17, 15) is 43.2 Å². The molecule has 0 heterocycles. The van der Waals surface area contributed by atoms with Crippen molar-refractivity contribution in [2.45, 2.75) is 381 Å². The number of hydrogen-bond donors (Lipinski definition) is 3. The summed E-state index contributed by atoms with van der Waals surface area (Å²) in [6, 6.07) is 0. The van der Waals surface area contributed by atoms with Gasteiger partial charge >= 0.3 is 39.5 Å². The lowest BCUT2D eigenvalue weighted by Gasteiger charge is -2.21. The summed E-state index contributed by atoms with van der Waals surface area (Å²) in [5, 5.41) is 10.6. The second kappa shape index (κ2) is 63.1. The highest BCUT2D eigenvalue weighted by Gasteiger charge is 2.30. The number of carbonyl (C=O) groups is 4. The summed E-state index contributed by atoms with van der Waals surface area (Å²) in [4.78, 5) is 72.6. The van der Waals surface area contributed by atoms with Crippen LogP contribution >= 0.6 is 15.6 Å². The zero-order chi connectivity index (χ0) is 66.5. The van der Waals surface area contributed by atoms with Crippen LogP contribution in [0.15, 0.2) is 0 Å². The Hall–Kier alpha value is -1.94. The van der Waals surface area contributed by atoms with Crippen molar-refractivity contribution in [3.8, 4) is 0 Å². The van der Waals surface area contributed by atoms with Gasteiger partial charge in [-0.05, 0) is 37.5 Å². The van der Waals surface area contributed by atoms with Gasteiger partial charge in [0.25, 0.3) is 0 Å². The number of esters is 4. The van der Waals surface area contributed by atoms with Gasteiger partial charge in [0.2, 0.25) is 0 Å². The molecule has 0 rings (SSSR count). The minimum Gasteiger partial charge on any atom is -0.462 e. The van der Waals surface area contributed by atoms with Crippen molar-refractivity contribution in [1.29, 1.82) is 0 Å². The van der Waals surface area contributed by atoms with Gasteiger partial charge in [-0.1, -0.05) is 311 Å². The van der Waals surface area contributed by atoms with Gasteiger partial charge in [-0.3, -0.25) is 37.3 Å². The van der Waals surface area contributed by atoms with Crippen molar-refractivity contribution in [2.75, 3.05) is 39.6 Å². The van der Waals surface area contributed by atoms with E-state index in [1.54, 1.807) is 0 Å². The average Bonchev–Trinajstić information content (AvgIpc) is 3.51. The summed E-state index contributed by atoms with van der Waals surface area (Å²) < 4.78 is 68.3. The van der Waals surface area contributed by atoms with E-state index in [2.05, 4.69) is 41.5 Å². The molecule has 17 nitrogen and oxygen atoms in total. The molecule has 0 aromatic rings. The lowest BCUT2D eigenvalue weighted by molar-refractivity contribution is -0.161. The van der Waals surface area contributed by atoms with Crippen molar-refractivity contribution in [3.05, 3.63) is 0 Å². The van der Waals surface area contributed by atoms with Gasteiger partial charge in [-0.25, -0.2) is 9.13 Å². The molecule has 0 fully saturated rings. The van der Waals surface area contributed by atoms with Crippen LogP contribution in [-0.2, 0) is 65.4 Å². The second-order valence-corrected chi connectivity index (χ2v) is 29.3. The van der Waals surface area contributed by atoms with Crippen LogP contribution in [-0.4, -0.2) is 96.7 Å². The molecule has 3 N–H and O–H groups in total. The minimum atomic E-state index is -4.95. The maximum atomic E-state index is 13.0. The van der Waals surface area contributed by atoms with Crippen molar-refractivity contribution >= 4 is 39.5 Å². The second-order valence-electron chi connectivity index (χ2n) is 26.3. The van der Waals surface area contributed by atoms with Gasteiger partial charge in [0.05, 0.1) is 26.4 Å². The number of aliphatic hydroxyl groups excluding tert-OH is 1. The first kappa shape index (κ1) is 88.1. The molecule has 534 valence electrons. The summed E-state index contributed by atoms with van der Waals surface area (Å²) >= 11 is 0. The number of hydrogen-bond acceptors (Lipinski definition) is 15. The zero-order valence-electron chi connectivity index (χ0n) is 58.4. The van der Waals surface area contributed by atoms with Gasteiger partial charge in [-0.15, -0.1) is 0 Å². The molecule has 0 aliphatic heterocycles. The first-order valence-electron chi connectivity index (χ1n) is 37.0. The molecule has 0 saturated carbocycles. The predicted octanol–water partition coefficient (Wildman–Crippen LogP) is 20.4. The Morgan fingerprint density at radius 1 is 0.322 bits per heavy atom. The maximum Gasteiger partial charge on any atom is 0.472 e. The van der Waals surface area contributed by atoms with Crippen LogP contribution in [0.25, 0.3) is 0 Å². The van der Waals surface area contributed by atoms with Crippen molar-refractivity contribution < 1.29 is 80.2 Å². The quantitative estimate of drug-likeness (QED) is 0.0222. The predicted molar refractivity (Wildman–Crippen MR) is 363 cm³/mol. The summed E-state index contributed by atoms with van der Waals surface area (Å²) in [6.45, 7) is 9.57. The van der Waals surface area contributed by atoms with Crippen LogP contribution in [0.4, 0.5) is 0 Å². The topological polar surface area (TPSA) is 237 Å². The third-order valence-electron chi connectivity index (χ3n) is 16.8. The lowest BCUT2D eigenvalue weighted by Crippen LogP contribution is -2.30. The molecule has 0 aromatic carbocycles. The van der Waals surface area contributed by atoms with E-state index in [0.717, 1.165) is 102 Å². The highest BCUT2D eigenvalue weighted by atomic mass is 31.2. The summed E-state index contributed by atoms with van der Waals surface area (Å²) in [5.74, 6) is -0.560. The van der Waals surface area contributed by atoms with E-state index in [4.69, 9.17) is 37.0 Å². The maximum absolute atomic E-state index is 13.0. The van der Waals surface area contributed by atoms with Crippen LogP contribution in [0.3, 0.4) is 0 Å². The Labute approximate surface area is 549 Å². The number of carbonyl (C=O) groups excluding carboxylic acids is 4. The summed E-state index contributed by atoms with van der Waals surface area (Å²) in [5.41, 5.74) is 0. The molecule has 0 aliphatic carbocycles. The molecule has 90 heavy (non-hydrogen) atoms. The van der Waals surface area contributed by atoms with Gasteiger partial charge in [0.1, 0.15) is 19.3 Å². The van der Waals surface area contributed by atoms with E-state index < -0.39 is 97.5 Å². The largest absolute Gasteiger partial charge is 0.472 e. The monoisotopic (exact) mass is 1320 g/mol. The number of phosphoric ester groups is 2. The molecule has 0 aliphatic rings. The normalized spacial score (nSPS) is 14.4. The fraction of sp³-hybridized carbons (Fsp3) is 0.944. The van der Waals surface area contributed by atoms with Crippen LogP contribution in [0.5, 0.6) is 0 Å². The number of phosphoric acid groups is 2. The molecular formula is C71H138O17P2. The average molecular weight is 1330 g/mol. The first-order chi connectivity index (χ1) is 43.4. The van der Waals surface area contributed by atoms with E-state index >= 15 is 0 Å². The van der Waals surface area contributed by atoms with Crippen molar-refractivity contribution in [1.82, 2.24) is 0 Å². The fourth-order valence-corrected chi connectivity index (χ4v) is 12.3. The minimum absolute atomic E-state index is 0.106. The summed E-state index contributed by atoms with van der Waals surface area (Å²) in [7, 11) is -9.90. The molecule has 0 amide bonds. The molecule has 6 atom stereocenters. The number of ether oxygens (including phenoxy) is 4. The van der Waals surface area contributed by atoms with Gasteiger partial charge in [0, 0.05) is 25.7 Å². The third-order valence-corrected chi connectivity index (χ3v) is 18.7. The Bertz CT molecular complexity index is 1750. The lowest BCUT2D eigenvalue weighted by atomic mass is 9.99. The van der Waals surface area contributed by atoms with Crippen LogP contribution in [0, 0.1) is 11.8 Å². The van der Waals surface area contributed by atoms with E-state index in [1.807, 2.05) is 0 Å². The molecule has 19 heteroatoms. The molecule has 0 radical (unpaired) electrons. The molecule has 0 spiro atoms. The standard InChI is InChI=1S/C71H138O17P2/c1-7-10-12-14-16-18-20-21-22-31-37-43-49-55-70(75)87-66(59-81-68(73)53-47-41-35-29-19-17-15-13-11-8-2)61-85-89(77,78)83-57-65(72)58-84-90(79,80)86-62-67(60-82-69(74)54-48-42-36-30-25-23-27-33-39-45-51-63(4)5)88-71(76)56-50-44-38-32-26-24-28-34-40-46-52-64(6)9-3/h63-67,72H,7-62H2,1-6H3,(H,77,78)(H,79,80)/t64?,65-,66+,67+/m0/s1. The van der Waals surface area contributed by atoms with Gasteiger partial charge < -0.3 is 33.8 Å². The fourth-order valence-electron chi connectivity index (χ4n) is 10.7. The molecule has 0 bridgehead atoms. The Kier molecular flexibility index (Phi) is 61.8. The van der Waals surface area contributed by atoms with Crippen molar-refractivity contribution in [2.24, 2.45) is 11.8 Å². The van der Waals surface area contributed by atoms with E-state index in [-0.39, 0.29) is 25.7 Å².